The van der Waals surface area contributed by atoms with Crippen LogP contribution in [0.15, 0.2) is 18.2 Å². The molecule has 0 saturated carbocycles. The molecule has 2 fully saturated rings. The Labute approximate surface area is 162 Å². The second-order valence-corrected chi connectivity index (χ2v) is 7.61. The number of anilines is 1. The molecule has 26 heavy (non-hydrogen) atoms. The van der Waals surface area contributed by atoms with E-state index in [0.29, 0.717) is 36.2 Å². The van der Waals surface area contributed by atoms with Crippen LogP contribution in [0.4, 0.5) is 5.69 Å². The molecule has 0 bridgehead atoms. The summed E-state index contributed by atoms with van der Waals surface area (Å²) in [5.74, 6) is -1.05. The number of hydrogen-bond acceptors (Lipinski definition) is 4. The van der Waals surface area contributed by atoms with E-state index in [1.807, 2.05) is 12.1 Å². The fourth-order valence-electron chi connectivity index (χ4n) is 3.46. The molecule has 8 heteroatoms. The van der Waals surface area contributed by atoms with Crippen molar-refractivity contribution in [3.63, 3.8) is 0 Å². The molecule has 1 aromatic rings. The Morgan fingerprint density at radius 3 is 2.31 bits per heavy atom. The van der Waals surface area contributed by atoms with Crippen molar-refractivity contribution in [2.24, 2.45) is 5.92 Å². The number of likely N-dealkylation sites (tertiary alicyclic amines) is 1. The highest BCUT2D eigenvalue weighted by molar-refractivity contribution is 6.42. The number of hydrogen-bond donors (Lipinski definition) is 0. The first-order valence-electron chi connectivity index (χ1n) is 8.64. The molecule has 1 aromatic carbocycles. The van der Waals surface area contributed by atoms with Crippen LogP contribution in [0, 0.1) is 5.92 Å². The molecule has 6 nitrogen and oxygen atoms in total. The van der Waals surface area contributed by atoms with Gasteiger partial charge >= 0.3 is 0 Å². The van der Waals surface area contributed by atoms with E-state index in [-0.39, 0.29) is 30.1 Å². The lowest BCUT2D eigenvalue weighted by Crippen LogP contribution is -2.55. The van der Waals surface area contributed by atoms with E-state index in [9.17, 15) is 14.4 Å². The van der Waals surface area contributed by atoms with E-state index in [1.165, 1.54) is 0 Å². The first-order valence-corrected chi connectivity index (χ1v) is 9.40. The number of piperazine rings is 1. The minimum atomic E-state index is -0.753. The van der Waals surface area contributed by atoms with E-state index in [4.69, 9.17) is 23.2 Å². The van der Waals surface area contributed by atoms with Gasteiger partial charge in [-0.2, -0.15) is 0 Å². The van der Waals surface area contributed by atoms with E-state index >= 15 is 0 Å². The molecule has 3 amide bonds. The Morgan fingerprint density at radius 2 is 1.77 bits per heavy atom. The zero-order valence-electron chi connectivity index (χ0n) is 14.7. The second kappa shape index (κ2) is 7.45. The molecular weight excluding hydrogens is 377 g/mol. The number of rotatable bonds is 3. The summed E-state index contributed by atoms with van der Waals surface area (Å²) >= 11 is 12.0. The van der Waals surface area contributed by atoms with Crippen molar-refractivity contribution >= 4 is 46.6 Å². The molecule has 0 aromatic heterocycles. The van der Waals surface area contributed by atoms with Gasteiger partial charge in [0.25, 0.3) is 0 Å². The first kappa shape index (κ1) is 19.0. The third kappa shape index (κ3) is 3.53. The largest absolute Gasteiger partial charge is 0.368 e. The van der Waals surface area contributed by atoms with Crippen molar-refractivity contribution in [3.05, 3.63) is 28.2 Å². The minimum Gasteiger partial charge on any atom is -0.368 e. The van der Waals surface area contributed by atoms with Crippen molar-refractivity contribution in [1.29, 1.82) is 0 Å². The summed E-state index contributed by atoms with van der Waals surface area (Å²) < 4.78 is 0. The molecule has 0 N–H and O–H groups in total. The topological polar surface area (TPSA) is 60.9 Å². The Balaban J connectivity index is 1.62. The quantitative estimate of drug-likeness (QED) is 0.734. The molecule has 2 heterocycles. The van der Waals surface area contributed by atoms with Gasteiger partial charge in [0.15, 0.2) is 0 Å². The standard InChI is InChI=1S/C18H21Cl2N3O3/c1-11-9-16(24)23(17(11)25)12(2)18(26)22-7-5-21(6-8-22)13-3-4-14(19)15(20)10-13/h3-4,10-12H,5-9H2,1-2H3. The van der Waals surface area contributed by atoms with Crippen molar-refractivity contribution in [3.8, 4) is 0 Å². The Morgan fingerprint density at radius 1 is 1.12 bits per heavy atom. The maximum atomic E-state index is 12.7. The van der Waals surface area contributed by atoms with Crippen LogP contribution >= 0.6 is 23.2 Å². The van der Waals surface area contributed by atoms with Crippen molar-refractivity contribution < 1.29 is 14.4 Å². The van der Waals surface area contributed by atoms with E-state index in [0.717, 1.165) is 10.6 Å². The lowest BCUT2D eigenvalue weighted by molar-refractivity contribution is -0.150. The van der Waals surface area contributed by atoms with Gasteiger partial charge in [-0.1, -0.05) is 30.1 Å². The monoisotopic (exact) mass is 397 g/mol. The molecule has 2 atom stereocenters. The molecule has 0 radical (unpaired) electrons. The fourth-order valence-corrected chi connectivity index (χ4v) is 3.75. The summed E-state index contributed by atoms with van der Waals surface area (Å²) in [4.78, 5) is 41.9. The van der Waals surface area contributed by atoms with Gasteiger partial charge in [0.05, 0.1) is 10.0 Å². The Hall–Kier alpha value is -1.79. The first-order chi connectivity index (χ1) is 12.3. The van der Waals surface area contributed by atoms with E-state index in [1.54, 1.807) is 24.8 Å². The predicted molar refractivity (Wildman–Crippen MR) is 100 cm³/mol. The maximum absolute atomic E-state index is 12.7. The second-order valence-electron chi connectivity index (χ2n) is 6.79. The Kier molecular flexibility index (Phi) is 5.44. The van der Waals surface area contributed by atoms with E-state index in [2.05, 4.69) is 4.90 Å². The number of nitrogens with zero attached hydrogens (tertiary/aromatic N) is 3. The molecule has 3 rings (SSSR count). The molecule has 2 saturated heterocycles. The zero-order valence-corrected chi connectivity index (χ0v) is 16.3. The van der Waals surface area contributed by atoms with Gasteiger partial charge in [-0.05, 0) is 25.1 Å². The molecule has 140 valence electrons. The number of halogens is 2. The molecule has 2 aliphatic rings. The predicted octanol–water partition coefficient (Wildman–Crippen LogP) is 2.43. The van der Waals surface area contributed by atoms with Crippen LogP contribution in [0.25, 0.3) is 0 Å². The van der Waals surface area contributed by atoms with Crippen LogP contribution in [0.2, 0.25) is 10.0 Å². The van der Waals surface area contributed by atoms with Gasteiger partial charge in [-0.15, -0.1) is 0 Å². The number of benzene rings is 1. The smallest absolute Gasteiger partial charge is 0.245 e. The summed E-state index contributed by atoms with van der Waals surface area (Å²) in [7, 11) is 0. The van der Waals surface area contributed by atoms with Gasteiger partial charge in [0.2, 0.25) is 17.7 Å². The summed E-state index contributed by atoms with van der Waals surface area (Å²) in [5.41, 5.74) is 0.957. The van der Waals surface area contributed by atoms with Crippen LogP contribution in [0.1, 0.15) is 20.3 Å². The summed E-state index contributed by atoms with van der Waals surface area (Å²) in [6.07, 6.45) is 0.182. The normalized spacial score (nSPS) is 22.2. The van der Waals surface area contributed by atoms with Gasteiger partial charge in [0, 0.05) is 44.2 Å². The molecule has 0 spiro atoms. The summed E-state index contributed by atoms with van der Waals surface area (Å²) in [6.45, 7) is 5.68. The lowest BCUT2D eigenvalue weighted by atomic mass is 10.1. The van der Waals surface area contributed by atoms with Crippen LogP contribution in [0.3, 0.4) is 0 Å². The number of imide groups is 1. The number of carbonyl (C=O) groups is 3. The highest BCUT2D eigenvalue weighted by Crippen LogP contribution is 2.28. The van der Waals surface area contributed by atoms with Gasteiger partial charge in [0.1, 0.15) is 6.04 Å². The van der Waals surface area contributed by atoms with Gasteiger partial charge in [-0.3, -0.25) is 19.3 Å². The summed E-state index contributed by atoms with van der Waals surface area (Å²) in [6, 6.07) is 4.71. The van der Waals surface area contributed by atoms with Crippen LogP contribution in [-0.2, 0) is 14.4 Å². The number of amides is 3. The highest BCUT2D eigenvalue weighted by Gasteiger charge is 2.42. The number of carbonyl (C=O) groups excluding carboxylic acids is 3. The van der Waals surface area contributed by atoms with E-state index < -0.39 is 6.04 Å². The molecule has 0 aliphatic carbocycles. The molecular formula is C18H21Cl2N3O3. The average Bonchev–Trinajstić information content (AvgIpc) is 2.88. The SMILES string of the molecule is CC1CC(=O)N(C(C)C(=O)N2CCN(c3ccc(Cl)c(Cl)c3)CC2)C1=O. The van der Waals surface area contributed by atoms with Crippen LogP contribution < -0.4 is 4.90 Å². The fraction of sp³-hybridized carbons (Fsp3) is 0.500. The summed E-state index contributed by atoms with van der Waals surface area (Å²) in [5, 5.41) is 1.00. The minimum absolute atomic E-state index is 0.182. The van der Waals surface area contributed by atoms with Crippen LogP contribution in [-0.4, -0.2) is 59.7 Å². The maximum Gasteiger partial charge on any atom is 0.245 e. The van der Waals surface area contributed by atoms with Crippen molar-refractivity contribution in [2.75, 3.05) is 31.1 Å². The van der Waals surface area contributed by atoms with Crippen molar-refractivity contribution in [2.45, 2.75) is 26.3 Å². The van der Waals surface area contributed by atoms with Crippen LogP contribution in [0.5, 0.6) is 0 Å². The van der Waals surface area contributed by atoms with Gasteiger partial charge < -0.3 is 9.80 Å². The highest BCUT2D eigenvalue weighted by atomic mass is 35.5. The third-order valence-electron chi connectivity index (χ3n) is 5.01. The Bertz CT molecular complexity index is 747. The lowest BCUT2D eigenvalue weighted by Gasteiger charge is -2.38. The molecule has 2 unspecified atom stereocenters. The molecule has 2 aliphatic heterocycles. The average molecular weight is 398 g/mol. The third-order valence-corrected chi connectivity index (χ3v) is 5.75. The van der Waals surface area contributed by atoms with Gasteiger partial charge in [-0.25, -0.2) is 0 Å². The van der Waals surface area contributed by atoms with Crippen molar-refractivity contribution in [1.82, 2.24) is 9.80 Å². The zero-order chi connectivity index (χ0) is 19.0.